The third-order valence-electron chi connectivity index (χ3n) is 7.94. The minimum atomic E-state index is -1.34. The van der Waals surface area contributed by atoms with Crippen molar-refractivity contribution in [2.24, 2.45) is 22.2 Å². The summed E-state index contributed by atoms with van der Waals surface area (Å²) in [4.78, 5) is 60.2. The molecule has 49 heavy (non-hydrogen) atoms. The van der Waals surface area contributed by atoms with Crippen LogP contribution in [0.4, 0.5) is 0 Å². The molecule has 1 aromatic heterocycles. The van der Waals surface area contributed by atoms with Gasteiger partial charge in [-0.15, -0.1) is 0 Å². The number of rotatable bonds is 17. The van der Waals surface area contributed by atoms with Crippen LogP contribution in [-0.4, -0.2) is 75.6 Å². The molecule has 0 aliphatic rings. The van der Waals surface area contributed by atoms with Crippen molar-refractivity contribution >= 4 is 40.6 Å². The zero-order valence-electron chi connectivity index (χ0n) is 26.8. The lowest BCUT2D eigenvalue weighted by Gasteiger charge is -2.25. The lowest BCUT2D eigenvalue weighted by Crippen LogP contribution is -2.58. The molecule has 12 N–H and O–H groups in total. The number of carboxylic acid groups (broad SMARTS) is 1. The number of phenolic OH excluding ortho intramolecular Hbond substituents is 1. The number of aromatic nitrogens is 1. The van der Waals surface area contributed by atoms with Crippen LogP contribution in [0.15, 0.2) is 90.1 Å². The van der Waals surface area contributed by atoms with E-state index in [1.807, 2.05) is 30.3 Å². The molecule has 0 saturated heterocycles. The van der Waals surface area contributed by atoms with Gasteiger partial charge in [0.2, 0.25) is 17.7 Å². The second-order valence-electron chi connectivity index (χ2n) is 11.7. The first kappa shape index (κ1) is 36.0. The lowest BCUT2D eigenvalue weighted by molar-refractivity contribution is -0.142. The Balaban J connectivity index is 1.57. The predicted octanol–water partition coefficient (Wildman–Crippen LogP) is 0.821. The van der Waals surface area contributed by atoms with Gasteiger partial charge in [0.1, 0.15) is 23.9 Å². The van der Waals surface area contributed by atoms with Gasteiger partial charge in [0.15, 0.2) is 5.96 Å². The number of hydrogen-bond donors (Lipinski definition) is 9. The Hall–Kier alpha value is -5.89. The van der Waals surface area contributed by atoms with Crippen LogP contribution in [0.2, 0.25) is 0 Å². The number of phenols is 1. The first-order chi connectivity index (χ1) is 23.5. The molecule has 0 fully saturated rings. The van der Waals surface area contributed by atoms with E-state index in [-0.39, 0.29) is 43.9 Å². The summed E-state index contributed by atoms with van der Waals surface area (Å²) in [5, 5.41) is 28.5. The number of nitrogens with two attached hydrogens (primary N) is 3. The summed E-state index contributed by atoms with van der Waals surface area (Å²) in [5.74, 6) is -3.29. The summed E-state index contributed by atoms with van der Waals surface area (Å²) in [6.45, 7) is 0.284. The van der Waals surface area contributed by atoms with Crippen LogP contribution in [0.1, 0.15) is 29.5 Å². The van der Waals surface area contributed by atoms with Gasteiger partial charge in [-0.1, -0.05) is 60.7 Å². The summed E-state index contributed by atoms with van der Waals surface area (Å²) >= 11 is 0. The lowest BCUT2D eigenvalue weighted by atomic mass is 10.0. The molecule has 0 aliphatic heterocycles. The fourth-order valence-corrected chi connectivity index (χ4v) is 5.33. The number of fused-ring (bicyclic) bond motifs is 1. The number of carbonyl (C=O) groups is 4. The second kappa shape index (κ2) is 17.3. The number of nitrogens with zero attached hydrogens (tertiary/aromatic N) is 1. The van der Waals surface area contributed by atoms with E-state index in [0.717, 1.165) is 16.5 Å². The van der Waals surface area contributed by atoms with Crippen molar-refractivity contribution in [1.29, 1.82) is 0 Å². The molecule has 4 atom stereocenters. The number of aromatic amines is 1. The van der Waals surface area contributed by atoms with Gasteiger partial charge in [-0.3, -0.25) is 19.4 Å². The molecule has 14 nitrogen and oxygen atoms in total. The molecule has 4 aromatic rings. The summed E-state index contributed by atoms with van der Waals surface area (Å²) < 4.78 is 0. The highest BCUT2D eigenvalue weighted by atomic mass is 16.4. The SMILES string of the molecule is NC(N)=NCCCC(N)C(=O)NC(Cc1ccccc1)C(=O)NC(Cc1c[nH]c2ccccc12)C(=O)NC(Cc1ccc(O)cc1)C(=O)O. The molecule has 3 amide bonds. The Kier molecular flexibility index (Phi) is 12.7. The van der Waals surface area contributed by atoms with Gasteiger partial charge >= 0.3 is 5.97 Å². The van der Waals surface area contributed by atoms with E-state index < -0.39 is 47.9 Å². The molecule has 0 bridgehead atoms. The number of benzene rings is 3. The van der Waals surface area contributed by atoms with Crippen LogP contribution in [0, 0.1) is 0 Å². The minimum absolute atomic E-state index is 0.0173. The highest BCUT2D eigenvalue weighted by Crippen LogP contribution is 2.20. The average Bonchev–Trinajstić information content (AvgIpc) is 3.49. The van der Waals surface area contributed by atoms with Crippen LogP contribution in [0.5, 0.6) is 5.75 Å². The van der Waals surface area contributed by atoms with Crippen molar-refractivity contribution in [3.8, 4) is 5.75 Å². The van der Waals surface area contributed by atoms with Crippen molar-refractivity contribution < 1.29 is 29.4 Å². The summed E-state index contributed by atoms with van der Waals surface area (Å²) in [6.07, 6.45) is 2.47. The summed E-state index contributed by atoms with van der Waals surface area (Å²) in [7, 11) is 0. The zero-order chi connectivity index (χ0) is 35.3. The number of carboxylic acids is 1. The van der Waals surface area contributed by atoms with E-state index in [0.29, 0.717) is 17.5 Å². The number of amides is 3. The topological polar surface area (TPSA) is 251 Å². The van der Waals surface area contributed by atoms with Crippen molar-refractivity contribution in [3.63, 3.8) is 0 Å². The molecule has 258 valence electrons. The number of para-hydroxylation sites is 1. The molecule has 4 rings (SSSR count). The molecule has 3 aromatic carbocycles. The van der Waals surface area contributed by atoms with Crippen LogP contribution < -0.4 is 33.2 Å². The van der Waals surface area contributed by atoms with E-state index in [1.165, 1.54) is 12.1 Å². The summed E-state index contributed by atoms with van der Waals surface area (Å²) in [6, 6.07) is 17.8. The van der Waals surface area contributed by atoms with Gasteiger partial charge in [0.25, 0.3) is 0 Å². The van der Waals surface area contributed by atoms with E-state index in [9.17, 15) is 29.4 Å². The first-order valence-corrected chi connectivity index (χ1v) is 15.8. The Labute approximate surface area is 283 Å². The van der Waals surface area contributed by atoms with Crippen molar-refractivity contribution in [2.45, 2.75) is 56.3 Å². The van der Waals surface area contributed by atoms with Crippen LogP contribution in [0.25, 0.3) is 10.9 Å². The molecule has 0 spiro atoms. The quantitative estimate of drug-likeness (QED) is 0.0437. The molecule has 0 radical (unpaired) electrons. The summed E-state index contributed by atoms with van der Waals surface area (Å²) in [5.41, 5.74) is 19.7. The van der Waals surface area contributed by atoms with Crippen molar-refractivity contribution in [2.75, 3.05) is 6.54 Å². The number of aliphatic imine (C=N–C) groups is 1. The smallest absolute Gasteiger partial charge is 0.326 e. The van der Waals surface area contributed by atoms with Gasteiger partial charge in [-0.05, 0) is 47.7 Å². The third-order valence-corrected chi connectivity index (χ3v) is 7.94. The monoisotopic (exact) mass is 670 g/mol. The maximum Gasteiger partial charge on any atom is 0.326 e. The number of nitrogens with one attached hydrogen (secondary N) is 4. The normalized spacial score (nSPS) is 13.4. The van der Waals surface area contributed by atoms with Gasteiger partial charge < -0.3 is 48.3 Å². The van der Waals surface area contributed by atoms with Crippen molar-refractivity contribution in [1.82, 2.24) is 20.9 Å². The average molecular weight is 671 g/mol. The Morgan fingerprint density at radius 2 is 1.31 bits per heavy atom. The van der Waals surface area contributed by atoms with Crippen LogP contribution >= 0.6 is 0 Å². The zero-order valence-corrected chi connectivity index (χ0v) is 26.8. The van der Waals surface area contributed by atoms with E-state index in [1.54, 1.807) is 42.6 Å². The van der Waals surface area contributed by atoms with Crippen LogP contribution in [-0.2, 0) is 38.4 Å². The number of aromatic hydroxyl groups is 1. The van der Waals surface area contributed by atoms with Crippen molar-refractivity contribution in [3.05, 3.63) is 102 Å². The molecule has 1 heterocycles. The minimum Gasteiger partial charge on any atom is -0.508 e. The highest BCUT2D eigenvalue weighted by molar-refractivity contribution is 5.95. The number of hydrogen-bond acceptors (Lipinski definition) is 7. The van der Waals surface area contributed by atoms with E-state index in [2.05, 4.69) is 25.9 Å². The fraction of sp³-hybridized carbons (Fsp3) is 0.286. The molecule has 4 unspecified atom stereocenters. The highest BCUT2D eigenvalue weighted by Gasteiger charge is 2.31. The van der Waals surface area contributed by atoms with Gasteiger partial charge in [-0.25, -0.2) is 4.79 Å². The maximum atomic E-state index is 14.0. The van der Waals surface area contributed by atoms with Crippen LogP contribution in [0.3, 0.4) is 0 Å². The molecule has 14 heteroatoms. The molecular weight excluding hydrogens is 628 g/mol. The van der Waals surface area contributed by atoms with Gasteiger partial charge in [0.05, 0.1) is 6.04 Å². The Morgan fingerprint density at radius 3 is 1.98 bits per heavy atom. The fourth-order valence-electron chi connectivity index (χ4n) is 5.33. The molecule has 0 aliphatic carbocycles. The maximum absolute atomic E-state index is 14.0. The van der Waals surface area contributed by atoms with E-state index >= 15 is 0 Å². The third kappa shape index (κ3) is 10.8. The van der Waals surface area contributed by atoms with Gasteiger partial charge in [-0.2, -0.15) is 0 Å². The Bertz CT molecular complexity index is 1750. The number of carbonyl (C=O) groups excluding carboxylic acids is 3. The number of guanidine groups is 1. The standard InChI is InChI=1S/C35H42N8O6/c36-26(10-6-16-39-35(37)38)31(45)41-28(17-21-7-2-1-3-8-21)32(46)42-29(19-23-20-40-27-11-5-4-9-25(23)27)33(47)43-30(34(48)49)18-22-12-14-24(44)15-13-22/h1-5,7-9,11-15,20,26,28-30,40,44H,6,10,16-19,36H2,(H,41,45)(H,42,46)(H,43,47)(H,48,49)(H4,37,38,39). The predicted molar refractivity (Wildman–Crippen MR) is 185 cm³/mol. The second-order valence-corrected chi connectivity index (χ2v) is 11.7. The molecule has 0 saturated carbocycles. The Morgan fingerprint density at radius 1 is 0.735 bits per heavy atom. The van der Waals surface area contributed by atoms with Gasteiger partial charge in [0, 0.05) is 42.9 Å². The first-order valence-electron chi connectivity index (χ1n) is 15.8. The largest absolute Gasteiger partial charge is 0.508 e. The molecular formula is C35H42N8O6. The number of H-pyrrole nitrogens is 1. The number of aliphatic carboxylic acids is 1. The van der Waals surface area contributed by atoms with E-state index in [4.69, 9.17) is 17.2 Å².